The van der Waals surface area contributed by atoms with Gasteiger partial charge in [-0.2, -0.15) is 0 Å². The summed E-state index contributed by atoms with van der Waals surface area (Å²) in [5.74, 6) is -0.668. The molecule has 0 aliphatic heterocycles. The number of benzene rings is 2. The Labute approximate surface area is 127 Å². The first kappa shape index (κ1) is 15.6. The molecule has 112 valence electrons. The molecule has 0 saturated heterocycles. The van der Waals surface area contributed by atoms with Gasteiger partial charge in [-0.3, -0.25) is 4.72 Å². The zero-order chi connectivity index (χ0) is 15.8. The molecule has 0 aromatic heterocycles. The normalized spacial score (nSPS) is 11.4. The molecule has 4 nitrogen and oxygen atoms in total. The second-order valence-electron chi connectivity index (χ2n) is 4.64. The van der Waals surface area contributed by atoms with Crippen molar-refractivity contribution in [1.29, 1.82) is 0 Å². The zero-order valence-electron chi connectivity index (χ0n) is 11.4. The minimum Gasteiger partial charge on any atom is -0.398 e. The monoisotopic (exact) mass is 328 g/mol. The molecule has 0 amide bonds. The molecule has 0 unspecified atom stereocenters. The van der Waals surface area contributed by atoms with Crippen LogP contribution in [0.1, 0.15) is 11.1 Å². The molecule has 3 N–H and O–H groups in total. The Morgan fingerprint density at radius 3 is 2.48 bits per heavy atom. The van der Waals surface area contributed by atoms with Crippen molar-refractivity contribution in [3.63, 3.8) is 0 Å². The Balaban J connectivity index is 2.46. The Morgan fingerprint density at radius 1 is 1.19 bits per heavy atom. The molecule has 0 spiro atoms. The number of nitrogen functional groups attached to an aromatic ring is 1. The summed E-state index contributed by atoms with van der Waals surface area (Å²) >= 11 is 5.95. The van der Waals surface area contributed by atoms with Gasteiger partial charge in [0, 0.05) is 16.3 Å². The quantitative estimate of drug-likeness (QED) is 0.847. The third-order valence-corrected chi connectivity index (χ3v) is 4.93. The molecule has 0 aliphatic carbocycles. The van der Waals surface area contributed by atoms with E-state index in [1.54, 1.807) is 25.1 Å². The highest BCUT2D eigenvalue weighted by atomic mass is 35.5. The third-order valence-electron chi connectivity index (χ3n) is 3.18. The number of rotatable bonds is 3. The molecule has 0 atom stereocenters. The van der Waals surface area contributed by atoms with E-state index in [4.69, 9.17) is 17.3 Å². The molecule has 7 heteroatoms. The molecule has 0 fully saturated rings. The third kappa shape index (κ3) is 3.11. The van der Waals surface area contributed by atoms with Crippen LogP contribution in [-0.4, -0.2) is 8.42 Å². The highest BCUT2D eigenvalue weighted by molar-refractivity contribution is 7.92. The van der Waals surface area contributed by atoms with Gasteiger partial charge in [-0.1, -0.05) is 17.7 Å². The lowest BCUT2D eigenvalue weighted by Gasteiger charge is -2.12. The van der Waals surface area contributed by atoms with Gasteiger partial charge in [0.05, 0.1) is 10.6 Å². The Hall–Kier alpha value is -1.79. The van der Waals surface area contributed by atoms with E-state index in [1.165, 1.54) is 13.0 Å². The number of sulfonamides is 1. The summed E-state index contributed by atoms with van der Waals surface area (Å²) in [5, 5.41) is 0.435. The molecule has 0 saturated carbocycles. The van der Waals surface area contributed by atoms with Gasteiger partial charge in [0.15, 0.2) is 0 Å². The van der Waals surface area contributed by atoms with Gasteiger partial charge in [-0.05, 0) is 43.7 Å². The van der Waals surface area contributed by atoms with E-state index in [0.717, 1.165) is 6.07 Å². The molecular formula is C14H14ClFN2O2S. The van der Waals surface area contributed by atoms with E-state index < -0.39 is 15.8 Å². The number of anilines is 2. The molecule has 21 heavy (non-hydrogen) atoms. The predicted molar refractivity (Wildman–Crippen MR) is 82.5 cm³/mol. The average molecular weight is 329 g/mol. The topological polar surface area (TPSA) is 72.2 Å². The summed E-state index contributed by atoms with van der Waals surface area (Å²) < 4.78 is 40.7. The molecular weight excluding hydrogens is 315 g/mol. The lowest BCUT2D eigenvalue weighted by atomic mass is 10.2. The Morgan fingerprint density at radius 2 is 1.86 bits per heavy atom. The van der Waals surface area contributed by atoms with Crippen LogP contribution >= 0.6 is 11.6 Å². The maximum atomic E-state index is 13.7. The summed E-state index contributed by atoms with van der Waals surface area (Å²) in [6.07, 6.45) is 0. The van der Waals surface area contributed by atoms with E-state index in [-0.39, 0.29) is 16.1 Å². The van der Waals surface area contributed by atoms with Gasteiger partial charge < -0.3 is 5.73 Å². The highest BCUT2D eigenvalue weighted by Gasteiger charge is 2.18. The van der Waals surface area contributed by atoms with E-state index in [1.807, 2.05) is 0 Å². The summed E-state index contributed by atoms with van der Waals surface area (Å²) in [7, 11) is -3.94. The molecule has 0 aliphatic rings. The van der Waals surface area contributed by atoms with Crippen LogP contribution in [0.3, 0.4) is 0 Å². The maximum absolute atomic E-state index is 13.7. The molecule has 0 bridgehead atoms. The minimum absolute atomic E-state index is 0.0817. The van der Waals surface area contributed by atoms with Crippen LogP contribution < -0.4 is 10.5 Å². The molecule has 2 aromatic carbocycles. The van der Waals surface area contributed by atoms with E-state index in [2.05, 4.69) is 4.72 Å². The van der Waals surface area contributed by atoms with Gasteiger partial charge in [0.1, 0.15) is 5.82 Å². The second-order valence-corrected chi connectivity index (χ2v) is 6.73. The van der Waals surface area contributed by atoms with Crippen LogP contribution in [0.4, 0.5) is 15.8 Å². The fourth-order valence-corrected chi connectivity index (χ4v) is 3.09. The van der Waals surface area contributed by atoms with Crippen LogP contribution in [0.2, 0.25) is 5.02 Å². The van der Waals surface area contributed by atoms with Crippen molar-refractivity contribution < 1.29 is 12.8 Å². The number of nitrogens with two attached hydrogens (primary N) is 1. The van der Waals surface area contributed by atoms with Crippen molar-refractivity contribution in [2.24, 2.45) is 0 Å². The van der Waals surface area contributed by atoms with Crippen LogP contribution in [0.25, 0.3) is 0 Å². The van der Waals surface area contributed by atoms with Gasteiger partial charge in [0.25, 0.3) is 10.0 Å². The van der Waals surface area contributed by atoms with Crippen molar-refractivity contribution in [3.8, 4) is 0 Å². The number of hydrogen-bond donors (Lipinski definition) is 2. The Kier molecular flexibility index (Phi) is 4.11. The lowest BCUT2D eigenvalue weighted by Crippen LogP contribution is -2.15. The number of halogens is 2. The number of nitrogens with one attached hydrogen (secondary N) is 1. The lowest BCUT2D eigenvalue weighted by molar-refractivity contribution is 0.593. The van der Waals surface area contributed by atoms with Gasteiger partial charge in [0.2, 0.25) is 0 Å². The molecule has 2 rings (SSSR count). The zero-order valence-corrected chi connectivity index (χ0v) is 13.0. The first-order valence-electron chi connectivity index (χ1n) is 6.06. The van der Waals surface area contributed by atoms with Crippen LogP contribution in [-0.2, 0) is 10.0 Å². The fourth-order valence-electron chi connectivity index (χ4n) is 1.75. The molecule has 0 radical (unpaired) electrons. The maximum Gasteiger partial charge on any atom is 0.262 e. The van der Waals surface area contributed by atoms with E-state index in [0.29, 0.717) is 16.3 Å². The predicted octanol–water partition coefficient (Wildman–Crippen LogP) is 3.48. The first-order valence-corrected chi connectivity index (χ1v) is 7.92. The first-order chi connectivity index (χ1) is 9.72. The van der Waals surface area contributed by atoms with Crippen LogP contribution in [0, 0.1) is 19.7 Å². The second kappa shape index (κ2) is 5.54. The standard InChI is InChI=1S/C14H14ClFN2O2S/c1-8-11(15)4-3-5-14(8)18-21(19,20)10-6-12(16)9(2)13(17)7-10/h3-7,18H,17H2,1-2H3. The van der Waals surface area contributed by atoms with Crippen molar-refractivity contribution in [1.82, 2.24) is 0 Å². The van der Waals surface area contributed by atoms with E-state index in [9.17, 15) is 12.8 Å². The van der Waals surface area contributed by atoms with Gasteiger partial charge in [-0.25, -0.2) is 12.8 Å². The average Bonchev–Trinajstić information content (AvgIpc) is 2.40. The summed E-state index contributed by atoms with van der Waals surface area (Å²) in [4.78, 5) is -0.234. The molecule has 2 aromatic rings. The van der Waals surface area contributed by atoms with Crippen molar-refractivity contribution in [2.45, 2.75) is 18.7 Å². The summed E-state index contributed by atoms with van der Waals surface area (Å²) in [6, 6.07) is 7.01. The summed E-state index contributed by atoms with van der Waals surface area (Å²) in [5.41, 5.74) is 6.83. The molecule has 0 heterocycles. The van der Waals surface area contributed by atoms with Crippen molar-refractivity contribution in [2.75, 3.05) is 10.5 Å². The van der Waals surface area contributed by atoms with Gasteiger partial charge in [-0.15, -0.1) is 0 Å². The van der Waals surface area contributed by atoms with Crippen LogP contribution in [0.15, 0.2) is 35.2 Å². The Bertz CT molecular complexity index is 784. The highest BCUT2D eigenvalue weighted by Crippen LogP contribution is 2.27. The van der Waals surface area contributed by atoms with Crippen LogP contribution in [0.5, 0.6) is 0 Å². The van der Waals surface area contributed by atoms with Crippen molar-refractivity contribution >= 4 is 33.0 Å². The fraction of sp³-hybridized carbons (Fsp3) is 0.143. The van der Waals surface area contributed by atoms with E-state index >= 15 is 0 Å². The van der Waals surface area contributed by atoms with Gasteiger partial charge >= 0.3 is 0 Å². The summed E-state index contributed by atoms with van der Waals surface area (Å²) in [6.45, 7) is 3.17. The largest absolute Gasteiger partial charge is 0.398 e. The smallest absolute Gasteiger partial charge is 0.262 e. The SMILES string of the molecule is Cc1c(N)cc(S(=O)(=O)Nc2cccc(Cl)c2C)cc1F. The van der Waals surface area contributed by atoms with Crippen molar-refractivity contribution in [3.05, 3.63) is 52.3 Å². The minimum atomic E-state index is -3.94. The number of hydrogen-bond acceptors (Lipinski definition) is 3.